The first-order valence-electron chi connectivity index (χ1n) is 8.36. The molecule has 10 nitrogen and oxygen atoms in total. The molecule has 0 spiro atoms. The zero-order chi connectivity index (χ0) is 19.6. The van der Waals surface area contributed by atoms with Gasteiger partial charge in [0.05, 0.1) is 27.8 Å². The van der Waals surface area contributed by atoms with Crippen molar-refractivity contribution < 1.29 is 23.8 Å². The number of anilines is 2. The van der Waals surface area contributed by atoms with E-state index in [0.29, 0.717) is 41.1 Å². The molecule has 3 rings (SSSR count). The molecule has 10 heteroatoms. The summed E-state index contributed by atoms with van der Waals surface area (Å²) in [6, 6.07) is 2.49. The lowest BCUT2D eigenvalue weighted by Crippen LogP contribution is -2.24. The minimum absolute atomic E-state index is 0.0813. The van der Waals surface area contributed by atoms with E-state index in [2.05, 4.69) is 20.7 Å². The number of hydrogen-bond acceptors (Lipinski definition) is 7. The van der Waals surface area contributed by atoms with Crippen molar-refractivity contribution in [1.29, 1.82) is 0 Å². The monoisotopic (exact) mass is 375 g/mol. The van der Waals surface area contributed by atoms with Crippen LogP contribution in [-0.2, 0) is 16.0 Å². The van der Waals surface area contributed by atoms with Crippen molar-refractivity contribution >= 4 is 23.5 Å². The summed E-state index contributed by atoms with van der Waals surface area (Å²) >= 11 is 0. The third-order valence-corrected chi connectivity index (χ3v) is 4.15. The molecule has 0 saturated heterocycles. The molecule has 1 atom stereocenters. The van der Waals surface area contributed by atoms with Crippen LogP contribution in [0.3, 0.4) is 0 Å². The maximum atomic E-state index is 12.5. The van der Waals surface area contributed by atoms with Crippen molar-refractivity contribution in [2.45, 2.75) is 25.8 Å². The number of aromatic nitrogens is 3. The summed E-state index contributed by atoms with van der Waals surface area (Å²) in [5, 5.41) is 9.65. The predicted octanol–water partition coefficient (Wildman–Crippen LogP) is 1.39. The molecule has 0 radical (unpaired) electrons. The molecule has 0 bridgehead atoms. The van der Waals surface area contributed by atoms with E-state index < -0.39 is 6.04 Å². The number of hydrogen-bond donors (Lipinski definition) is 2. The number of benzene rings is 1. The van der Waals surface area contributed by atoms with Crippen molar-refractivity contribution in [3.05, 3.63) is 18.0 Å². The summed E-state index contributed by atoms with van der Waals surface area (Å²) in [5.41, 5.74) is 0.459. The fraction of sp³-hybridized carbons (Fsp3) is 0.412. The highest BCUT2D eigenvalue weighted by Gasteiger charge is 2.34. The molecule has 144 valence electrons. The lowest BCUT2D eigenvalue weighted by molar-refractivity contribution is -0.123. The van der Waals surface area contributed by atoms with E-state index in [0.717, 1.165) is 0 Å². The average molecular weight is 375 g/mol. The highest BCUT2D eigenvalue weighted by atomic mass is 16.5. The lowest BCUT2D eigenvalue weighted by Gasteiger charge is -2.15. The zero-order valence-electron chi connectivity index (χ0n) is 15.5. The van der Waals surface area contributed by atoms with Gasteiger partial charge >= 0.3 is 0 Å². The first-order valence-corrected chi connectivity index (χ1v) is 8.36. The second-order valence-electron chi connectivity index (χ2n) is 5.82. The lowest BCUT2D eigenvalue weighted by atomic mass is 10.2. The second kappa shape index (κ2) is 7.52. The van der Waals surface area contributed by atoms with E-state index >= 15 is 0 Å². The fourth-order valence-corrected chi connectivity index (χ4v) is 2.84. The maximum absolute atomic E-state index is 12.5. The highest BCUT2D eigenvalue weighted by molar-refractivity contribution is 6.01. The summed E-state index contributed by atoms with van der Waals surface area (Å²) in [6.07, 6.45) is 0.558. The Kier molecular flexibility index (Phi) is 5.15. The average Bonchev–Trinajstić information content (AvgIpc) is 3.18. The summed E-state index contributed by atoms with van der Waals surface area (Å²) in [6.45, 7) is 1.92. The summed E-state index contributed by atoms with van der Waals surface area (Å²) in [7, 11) is 4.48. The molecule has 1 aromatic carbocycles. The first-order chi connectivity index (χ1) is 13.0. The number of methoxy groups -OCH3 is 3. The maximum Gasteiger partial charge on any atom is 0.252 e. The van der Waals surface area contributed by atoms with Crippen LogP contribution in [0.5, 0.6) is 17.2 Å². The van der Waals surface area contributed by atoms with E-state index in [1.807, 2.05) is 6.92 Å². The molecule has 0 saturated carbocycles. The van der Waals surface area contributed by atoms with Gasteiger partial charge in [-0.1, -0.05) is 6.92 Å². The Morgan fingerprint density at radius 3 is 2.44 bits per heavy atom. The van der Waals surface area contributed by atoms with Gasteiger partial charge in [-0.3, -0.25) is 14.9 Å². The van der Waals surface area contributed by atoms with E-state index in [1.165, 1.54) is 26.0 Å². The molecule has 0 fully saturated rings. The van der Waals surface area contributed by atoms with Gasteiger partial charge in [-0.25, -0.2) is 4.68 Å². The summed E-state index contributed by atoms with van der Waals surface area (Å²) in [5.74, 6) is 1.56. The third kappa shape index (κ3) is 3.50. The van der Waals surface area contributed by atoms with Crippen LogP contribution in [0.1, 0.15) is 25.2 Å². The number of nitrogens with zero attached hydrogens (tertiary/aromatic N) is 3. The molecule has 1 aliphatic heterocycles. The Morgan fingerprint density at radius 1 is 1.22 bits per heavy atom. The van der Waals surface area contributed by atoms with Crippen LogP contribution in [0.25, 0.3) is 0 Å². The number of carbonyl (C=O) groups is 2. The quantitative estimate of drug-likeness (QED) is 0.751. The molecule has 0 aliphatic carbocycles. The smallest absolute Gasteiger partial charge is 0.252 e. The van der Waals surface area contributed by atoms with E-state index in [-0.39, 0.29) is 18.2 Å². The van der Waals surface area contributed by atoms with Crippen LogP contribution in [0.4, 0.5) is 11.6 Å². The molecular weight excluding hydrogens is 354 g/mol. The summed E-state index contributed by atoms with van der Waals surface area (Å²) < 4.78 is 17.3. The Balaban J connectivity index is 1.77. The number of fused-ring (bicyclic) bond motifs is 1. The van der Waals surface area contributed by atoms with E-state index in [1.54, 1.807) is 12.1 Å². The van der Waals surface area contributed by atoms with Crippen molar-refractivity contribution in [3.8, 4) is 17.2 Å². The van der Waals surface area contributed by atoms with Gasteiger partial charge in [-0.05, 0) is 0 Å². The number of amides is 2. The Morgan fingerprint density at radius 2 is 1.89 bits per heavy atom. The molecule has 2 heterocycles. The number of nitrogens with one attached hydrogen (secondary N) is 2. The normalized spacial score (nSPS) is 15.1. The number of carbonyl (C=O) groups excluding carboxylic acids is 2. The number of rotatable bonds is 7. The SMILES string of the molecule is CCc1nc2n(n1)[C@H](CC(=O)Nc1cc(OC)c(OC)c(OC)c1)C(=O)N2. The third-order valence-electron chi connectivity index (χ3n) is 4.15. The van der Waals surface area contributed by atoms with Crippen LogP contribution in [0.2, 0.25) is 0 Å². The second-order valence-corrected chi connectivity index (χ2v) is 5.82. The topological polar surface area (TPSA) is 117 Å². The van der Waals surface area contributed by atoms with Crippen LogP contribution < -0.4 is 24.8 Å². The molecule has 2 N–H and O–H groups in total. The largest absolute Gasteiger partial charge is 0.493 e. The summed E-state index contributed by atoms with van der Waals surface area (Å²) in [4.78, 5) is 28.8. The molecule has 1 aromatic heterocycles. The van der Waals surface area contributed by atoms with Gasteiger partial charge < -0.3 is 19.5 Å². The highest BCUT2D eigenvalue weighted by Crippen LogP contribution is 2.40. The number of ether oxygens (including phenoxy) is 3. The Bertz CT molecular complexity index is 854. The van der Waals surface area contributed by atoms with Crippen LogP contribution >= 0.6 is 0 Å². The standard InChI is InChI=1S/C17H21N5O5/c1-5-13-19-17-20-16(24)10(22(17)21-13)8-14(23)18-9-6-11(25-2)15(27-4)12(7-9)26-3/h6-7,10H,5,8H2,1-4H3,(H,18,23)(H,19,20,21,24)/t10-/m1/s1. The fourth-order valence-electron chi connectivity index (χ4n) is 2.84. The minimum atomic E-state index is -0.741. The minimum Gasteiger partial charge on any atom is -0.493 e. The van der Waals surface area contributed by atoms with E-state index in [4.69, 9.17) is 14.2 Å². The van der Waals surface area contributed by atoms with Crippen molar-refractivity contribution in [2.24, 2.45) is 0 Å². The van der Waals surface area contributed by atoms with Crippen LogP contribution in [-0.4, -0.2) is 47.9 Å². The van der Waals surface area contributed by atoms with Gasteiger partial charge in [0.1, 0.15) is 6.04 Å². The van der Waals surface area contributed by atoms with Crippen molar-refractivity contribution in [1.82, 2.24) is 14.8 Å². The van der Waals surface area contributed by atoms with Gasteiger partial charge in [0.25, 0.3) is 5.91 Å². The predicted molar refractivity (Wildman–Crippen MR) is 96.4 cm³/mol. The van der Waals surface area contributed by atoms with Gasteiger partial charge in [-0.2, -0.15) is 10.1 Å². The Hall–Kier alpha value is -3.30. The van der Waals surface area contributed by atoms with Crippen molar-refractivity contribution in [3.63, 3.8) is 0 Å². The van der Waals surface area contributed by atoms with Gasteiger partial charge in [-0.15, -0.1) is 0 Å². The molecule has 1 aliphatic rings. The van der Waals surface area contributed by atoms with Crippen LogP contribution in [0.15, 0.2) is 12.1 Å². The van der Waals surface area contributed by atoms with Gasteiger partial charge in [0.15, 0.2) is 17.3 Å². The van der Waals surface area contributed by atoms with E-state index in [9.17, 15) is 9.59 Å². The Labute approximate surface area is 155 Å². The first kappa shape index (κ1) is 18.5. The number of aryl methyl sites for hydroxylation is 1. The zero-order valence-corrected chi connectivity index (χ0v) is 15.5. The van der Waals surface area contributed by atoms with Crippen LogP contribution in [0, 0.1) is 0 Å². The van der Waals surface area contributed by atoms with Gasteiger partial charge in [0, 0.05) is 24.2 Å². The molecule has 2 amide bonds. The van der Waals surface area contributed by atoms with Gasteiger partial charge in [0.2, 0.25) is 17.6 Å². The molecule has 0 unspecified atom stereocenters. The molecule has 2 aromatic rings. The van der Waals surface area contributed by atoms with Crippen molar-refractivity contribution in [2.75, 3.05) is 32.0 Å². The molecule has 27 heavy (non-hydrogen) atoms. The molecular formula is C17H21N5O5.